The molecule has 0 spiro atoms. The third-order valence-corrected chi connectivity index (χ3v) is 2.92. The van der Waals surface area contributed by atoms with Gasteiger partial charge in [-0.3, -0.25) is 4.79 Å². The van der Waals surface area contributed by atoms with Crippen LogP contribution in [0.2, 0.25) is 0 Å². The molecule has 2 rings (SSSR count). The van der Waals surface area contributed by atoms with Gasteiger partial charge in [0.1, 0.15) is 0 Å². The Morgan fingerprint density at radius 3 is 2.38 bits per heavy atom. The topological polar surface area (TPSA) is 41.5 Å². The van der Waals surface area contributed by atoms with E-state index >= 15 is 0 Å². The number of hydrogen-bond acceptors (Lipinski definition) is 2. The van der Waals surface area contributed by atoms with Gasteiger partial charge in [-0.25, -0.2) is 5.43 Å². The normalized spacial score (nSPS) is 11.0. The van der Waals surface area contributed by atoms with E-state index in [9.17, 15) is 4.79 Å². The molecule has 0 aliphatic heterocycles. The maximum atomic E-state index is 11.6. The highest BCUT2D eigenvalue weighted by molar-refractivity contribution is 5.81. The van der Waals surface area contributed by atoms with Crippen LogP contribution in [0.15, 0.2) is 71.8 Å². The molecule has 0 aliphatic carbocycles. The highest BCUT2D eigenvalue weighted by Gasteiger charge is 1.99. The number of nitrogens with one attached hydrogen (secondary N) is 1. The summed E-state index contributed by atoms with van der Waals surface area (Å²) in [7, 11) is 0. The molecule has 106 valence electrons. The van der Waals surface area contributed by atoms with Crippen molar-refractivity contribution >= 4 is 18.2 Å². The van der Waals surface area contributed by atoms with Crippen molar-refractivity contribution in [2.45, 2.75) is 12.8 Å². The number of aryl methyl sites for hydroxylation is 1. The van der Waals surface area contributed by atoms with E-state index in [1.807, 2.05) is 66.7 Å². The minimum Gasteiger partial charge on any atom is -0.273 e. The second-order valence-corrected chi connectivity index (χ2v) is 4.57. The van der Waals surface area contributed by atoms with E-state index in [0.29, 0.717) is 6.42 Å². The Bertz CT molecular complexity index is 604. The first-order chi connectivity index (χ1) is 10.3. The second-order valence-electron chi connectivity index (χ2n) is 4.57. The quantitative estimate of drug-likeness (QED) is 0.638. The van der Waals surface area contributed by atoms with Crippen molar-refractivity contribution in [3.63, 3.8) is 0 Å². The fourth-order valence-corrected chi connectivity index (χ4v) is 1.83. The number of carbonyl (C=O) groups excluding carboxylic acids is 1. The van der Waals surface area contributed by atoms with E-state index in [1.165, 1.54) is 0 Å². The SMILES string of the molecule is O=C(CCc1ccccc1)N/N=C\C=C\c1ccccc1. The van der Waals surface area contributed by atoms with E-state index in [1.54, 1.807) is 12.3 Å². The number of benzene rings is 2. The van der Waals surface area contributed by atoms with Gasteiger partial charge in [0.15, 0.2) is 0 Å². The molecule has 0 aliphatic rings. The van der Waals surface area contributed by atoms with Gasteiger partial charge in [-0.15, -0.1) is 0 Å². The first kappa shape index (κ1) is 14.7. The number of nitrogens with zero attached hydrogens (tertiary/aromatic N) is 1. The second kappa shape index (κ2) is 8.48. The lowest BCUT2D eigenvalue weighted by atomic mass is 10.1. The van der Waals surface area contributed by atoms with Crippen LogP contribution in [0.5, 0.6) is 0 Å². The van der Waals surface area contributed by atoms with Crippen LogP contribution >= 0.6 is 0 Å². The van der Waals surface area contributed by atoms with Crippen molar-refractivity contribution in [1.29, 1.82) is 0 Å². The van der Waals surface area contributed by atoms with Crippen molar-refractivity contribution in [3.05, 3.63) is 77.9 Å². The lowest BCUT2D eigenvalue weighted by molar-refractivity contribution is -0.121. The highest BCUT2D eigenvalue weighted by atomic mass is 16.2. The van der Waals surface area contributed by atoms with Crippen molar-refractivity contribution in [1.82, 2.24) is 5.43 Å². The first-order valence-corrected chi connectivity index (χ1v) is 6.92. The van der Waals surface area contributed by atoms with Gasteiger partial charge < -0.3 is 0 Å². The predicted molar refractivity (Wildman–Crippen MR) is 86.9 cm³/mol. The van der Waals surface area contributed by atoms with Gasteiger partial charge >= 0.3 is 0 Å². The monoisotopic (exact) mass is 278 g/mol. The van der Waals surface area contributed by atoms with Crippen molar-refractivity contribution in [3.8, 4) is 0 Å². The Morgan fingerprint density at radius 1 is 1.00 bits per heavy atom. The Hall–Kier alpha value is -2.68. The van der Waals surface area contributed by atoms with E-state index in [4.69, 9.17) is 0 Å². The van der Waals surface area contributed by atoms with Crippen LogP contribution in [-0.2, 0) is 11.2 Å². The smallest absolute Gasteiger partial charge is 0.240 e. The third-order valence-electron chi connectivity index (χ3n) is 2.92. The molecular formula is C18H18N2O. The van der Waals surface area contributed by atoms with Gasteiger partial charge in [0.25, 0.3) is 0 Å². The summed E-state index contributed by atoms with van der Waals surface area (Å²) in [6, 6.07) is 19.9. The molecule has 21 heavy (non-hydrogen) atoms. The summed E-state index contributed by atoms with van der Waals surface area (Å²) < 4.78 is 0. The molecule has 0 saturated carbocycles. The van der Waals surface area contributed by atoms with Crippen LogP contribution in [0.1, 0.15) is 17.5 Å². The van der Waals surface area contributed by atoms with Crippen LogP contribution in [0.4, 0.5) is 0 Å². The van der Waals surface area contributed by atoms with Crippen molar-refractivity contribution in [2.75, 3.05) is 0 Å². The van der Waals surface area contributed by atoms with Gasteiger partial charge in [-0.2, -0.15) is 5.10 Å². The summed E-state index contributed by atoms with van der Waals surface area (Å²) >= 11 is 0. The number of hydrogen-bond donors (Lipinski definition) is 1. The van der Waals surface area contributed by atoms with E-state index in [2.05, 4.69) is 10.5 Å². The highest BCUT2D eigenvalue weighted by Crippen LogP contribution is 2.02. The Morgan fingerprint density at radius 2 is 1.67 bits per heavy atom. The number of allylic oxidation sites excluding steroid dienone is 1. The predicted octanol–water partition coefficient (Wildman–Crippen LogP) is 3.43. The fourth-order valence-electron chi connectivity index (χ4n) is 1.83. The van der Waals surface area contributed by atoms with Gasteiger partial charge in [0.2, 0.25) is 5.91 Å². The summed E-state index contributed by atoms with van der Waals surface area (Å²) in [5.74, 6) is -0.0804. The zero-order valence-electron chi connectivity index (χ0n) is 11.8. The van der Waals surface area contributed by atoms with Gasteiger partial charge in [0, 0.05) is 12.6 Å². The molecule has 0 fully saturated rings. The molecule has 2 aromatic carbocycles. The number of amides is 1. The lowest BCUT2D eigenvalue weighted by Gasteiger charge is -1.99. The molecule has 0 heterocycles. The molecule has 0 saturated heterocycles. The van der Waals surface area contributed by atoms with Crippen LogP contribution in [0.3, 0.4) is 0 Å². The largest absolute Gasteiger partial charge is 0.273 e. The minimum atomic E-state index is -0.0804. The van der Waals surface area contributed by atoms with Crippen LogP contribution in [0.25, 0.3) is 6.08 Å². The molecule has 0 atom stereocenters. The molecule has 0 unspecified atom stereocenters. The van der Waals surface area contributed by atoms with Crippen molar-refractivity contribution < 1.29 is 4.79 Å². The number of hydrazone groups is 1. The van der Waals surface area contributed by atoms with E-state index in [-0.39, 0.29) is 5.91 Å². The lowest BCUT2D eigenvalue weighted by Crippen LogP contribution is -2.17. The van der Waals surface area contributed by atoms with Gasteiger partial charge in [-0.1, -0.05) is 66.7 Å². The summed E-state index contributed by atoms with van der Waals surface area (Å²) in [5, 5.41) is 3.89. The number of rotatable bonds is 6. The minimum absolute atomic E-state index is 0.0804. The molecular weight excluding hydrogens is 260 g/mol. The maximum absolute atomic E-state index is 11.6. The molecule has 3 heteroatoms. The molecule has 0 bridgehead atoms. The summed E-state index contributed by atoms with van der Waals surface area (Å²) in [5.41, 5.74) is 4.77. The van der Waals surface area contributed by atoms with Crippen LogP contribution < -0.4 is 5.43 Å². The zero-order chi connectivity index (χ0) is 14.8. The van der Waals surface area contributed by atoms with E-state index in [0.717, 1.165) is 17.5 Å². The average molecular weight is 278 g/mol. The summed E-state index contributed by atoms with van der Waals surface area (Å²) in [6.45, 7) is 0. The third kappa shape index (κ3) is 5.87. The van der Waals surface area contributed by atoms with Gasteiger partial charge in [-0.05, 0) is 23.6 Å². The molecule has 1 N–H and O–H groups in total. The van der Waals surface area contributed by atoms with Gasteiger partial charge in [0.05, 0.1) is 0 Å². The molecule has 3 nitrogen and oxygen atoms in total. The first-order valence-electron chi connectivity index (χ1n) is 6.92. The summed E-state index contributed by atoms with van der Waals surface area (Å²) in [6.07, 6.45) is 6.46. The zero-order valence-corrected chi connectivity index (χ0v) is 11.8. The molecule has 1 amide bonds. The number of carbonyl (C=O) groups is 1. The Balaban J connectivity index is 1.69. The molecule has 0 aromatic heterocycles. The van der Waals surface area contributed by atoms with Crippen LogP contribution in [-0.4, -0.2) is 12.1 Å². The maximum Gasteiger partial charge on any atom is 0.240 e. The fraction of sp³-hybridized carbons (Fsp3) is 0.111. The molecule has 2 aromatic rings. The molecule has 0 radical (unpaired) electrons. The summed E-state index contributed by atoms with van der Waals surface area (Å²) in [4.78, 5) is 11.6. The van der Waals surface area contributed by atoms with Crippen LogP contribution in [0, 0.1) is 0 Å². The van der Waals surface area contributed by atoms with E-state index < -0.39 is 0 Å². The Labute approximate surface area is 125 Å². The Kier molecular flexibility index (Phi) is 5.95. The van der Waals surface area contributed by atoms with Crippen molar-refractivity contribution in [2.24, 2.45) is 5.10 Å². The average Bonchev–Trinajstić information content (AvgIpc) is 2.54. The standard InChI is InChI=1S/C18H18N2O/c21-18(14-13-17-10-5-2-6-11-17)20-19-15-7-12-16-8-3-1-4-9-16/h1-12,15H,13-14H2,(H,20,21)/b12-7+,19-15-.